The quantitative estimate of drug-likeness (QED) is 0.0212. The summed E-state index contributed by atoms with van der Waals surface area (Å²) in [5.41, 5.74) is 0. The molecular weight excluding hydrogens is 856 g/mol. The number of hydrogen-bond acceptors (Lipinski definition) is 7. The van der Waals surface area contributed by atoms with Gasteiger partial charge in [-0.15, -0.1) is 0 Å². The zero-order valence-electron chi connectivity index (χ0n) is 45.1. The summed E-state index contributed by atoms with van der Waals surface area (Å²) in [6.45, 7) is 6.85. The second-order valence-electron chi connectivity index (χ2n) is 20.8. The van der Waals surface area contributed by atoms with Gasteiger partial charge in [0.05, 0.1) is 33.8 Å². The third kappa shape index (κ3) is 49.3. The summed E-state index contributed by atoms with van der Waals surface area (Å²) in [6.07, 6.45) is 54.2. The van der Waals surface area contributed by atoms with E-state index in [9.17, 15) is 19.0 Å². The van der Waals surface area contributed by atoms with Gasteiger partial charge >= 0.3 is 5.97 Å². The maximum atomic E-state index is 13.5. The van der Waals surface area contributed by atoms with Gasteiger partial charge in [-0.1, -0.05) is 232 Å². The zero-order chi connectivity index (χ0) is 49.4. The number of quaternary nitrogens is 1. The summed E-state index contributed by atoms with van der Waals surface area (Å²) in [5, 5.41) is 3.02. The minimum absolute atomic E-state index is 0.0200. The minimum atomic E-state index is -4.69. The molecule has 1 N–H and O–H groups in total. The summed E-state index contributed by atoms with van der Waals surface area (Å²) >= 11 is 0. The molecule has 3 unspecified atom stereocenters. The Kier molecular flexibility index (Phi) is 47.0. The molecule has 0 fully saturated rings. The highest BCUT2D eigenvalue weighted by Crippen LogP contribution is 2.38. The third-order valence-corrected chi connectivity index (χ3v) is 13.8. The van der Waals surface area contributed by atoms with E-state index in [1.54, 1.807) is 0 Å². The molecule has 0 radical (unpaired) electrons. The molecule has 0 aliphatic heterocycles. The van der Waals surface area contributed by atoms with Crippen LogP contribution in [0, 0.1) is 0 Å². The van der Waals surface area contributed by atoms with Crippen molar-refractivity contribution in [3.63, 3.8) is 0 Å². The van der Waals surface area contributed by atoms with E-state index < -0.39 is 20.0 Å². The molecule has 0 rings (SSSR count). The van der Waals surface area contributed by atoms with Crippen LogP contribution in [0.15, 0.2) is 24.3 Å². The number of phosphoric ester groups is 1. The van der Waals surface area contributed by atoms with Crippen LogP contribution in [0.25, 0.3) is 0 Å². The number of hydrogen-bond donors (Lipinski definition) is 1. The average molecular weight is 967 g/mol. The second kappa shape index (κ2) is 48.1. The van der Waals surface area contributed by atoms with Crippen molar-refractivity contribution in [2.45, 2.75) is 290 Å². The number of phosphoric acid groups is 1. The van der Waals surface area contributed by atoms with Crippen LogP contribution in [0.2, 0.25) is 0 Å². The third-order valence-electron chi connectivity index (χ3n) is 12.9. The molecule has 396 valence electrons. The number of rotatable bonds is 52. The standard InChI is InChI=1S/C57H111N2O7P/c1-7-10-13-16-19-22-25-27-28-29-30-32-34-37-40-43-46-49-56(60)58-54(53-65-67(62,63)64-52-51-59(4,5)6)55(48-45-42-39-36-33-24-21-18-15-12-9-3)66-57(61)50-47-44-41-38-35-31-26-23-20-17-14-11-8-2/h27-28,45,48,54-55H,7-26,29-44,46-47,49-53H2,1-6H3,(H-,58,60,62,63)/b28-27+,48-45+. The van der Waals surface area contributed by atoms with E-state index in [1.165, 1.54) is 173 Å². The number of amides is 1. The Balaban J connectivity index is 5.29. The van der Waals surface area contributed by atoms with E-state index in [0.29, 0.717) is 17.4 Å². The van der Waals surface area contributed by atoms with E-state index in [0.717, 1.165) is 70.6 Å². The SMILES string of the molecule is CCCCCCCC/C=C/CCCCCCCCCC(=O)NC(COP(=O)([O-])OCC[N+](C)(C)C)C(/C=C/CCCCCCCCCCC)OC(=O)CCCCCCCCCCCCCCC. The van der Waals surface area contributed by atoms with Gasteiger partial charge in [0.25, 0.3) is 7.82 Å². The predicted octanol–water partition coefficient (Wildman–Crippen LogP) is 16.4. The van der Waals surface area contributed by atoms with E-state index in [2.05, 4.69) is 38.2 Å². The van der Waals surface area contributed by atoms with Crippen LogP contribution in [0.1, 0.15) is 278 Å². The molecule has 0 aromatic heterocycles. The molecule has 67 heavy (non-hydrogen) atoms. The molecule has 0 aromatic carbocycles. The van der Waals surface area contributed by atoms with Crippen LogP contribution in [0.3, 0.4) is 0 Å². The Hall–Kier alpha value is -1.51. The molecule has 0 aliphatic carbocycles. The first-order valence-corrected chi connectivity index (χ1v) is 30.1. The Morgan fingerprint density at radius 2 is 0.866 bits per heavy atom. The first-order chi connectivity index (χ1) is 32.4. The first-order valence-electron chi connectivity index (χ1n) is 28.6. The highest BCUT2D eigenvalue weighted by atomic mass is 31.2. The van der Waals surface area contributed by atoms with Gasteiger partial charge in [-0.25, -0.2) is 0 Å². The highest BCUT2D eigenvalue weighted by Gasteiger charge is 2.27. The van der Waals surface area contributed by atoms with Crippen LogP contribution >= 0.6 is 7.82 Å². The van der Waals surface area contributed by atoms with Gasteiger partial charge in [0.1, 0.15) is 19.3 Å². The smallest absolute Gasteiger partial charge is 0.306 e. The van der Waals surface area contributed by atoms with Gasteiger partial charge in [0, 0.05) is 12.8 Å². The number of esters is 1. The molecule has 0 spiro atoms. The van der Waals surface area contributed by atoms with Crippen LogP contribution in [-0.4, -0.2) is 69.4 Å². The molecule has 3 atom stereocenters. The fraction of sp³-hybridized carbons (Fsp3) is 0.895. The lowest BCUT2D eigenvalue weighted by Gasteiger charge is -2.30. The Morgan fingerprint density at radius 1 is 0.507 bits per heavy atom. The summed E-state index contributed by atoms with van der Waals surface area (Å²) < 4.78 is 30.2. The molecule has 0 bridgehead atoms. The van der Waals surface area contributed by atoms with E-state index in [-0.39, 0.29) is 31.5 Å². The summed E-state index contributed by atoms with van der Waals surface area (Å²) in [7, 11) is 1.19. The summed E-state index contributed by atoms with van der Waals surface area (Å²) in [6, 6.07) is -0.883. The van der Waals surface area contributed by atoms with Gasteiger partial charge in [-0.2, -0.15) is 0 Å². The molecular formula is C57H111N2O7P. The topological polar surface area (TPSA) is 114 Å². The number of unbranched alkanes of at least 4 members (excludes halogenated alkanes) is 34. The van der Waals surface area contributed by atoms with Gasteiger partial charge in [-0.3, -0.25) is 14.2 Å². The van der Waals surface area contributed by atoms with Crippen LogP contribution in [0.5, 0.6) is 0 Å². The number of ether oxygens (including phenoxy) is 1. The molecule has 0 saturated heterocycles. The van der Waals surface area contributed by atoms with Crippen molar-refractivity contribution >= 4 is 19.7 Å². The number of nitrogens with zero attached hydrogens (tertiary/aromatic N) is 1. The zero-order valence-corrected chi connectivity index (χ0v) is 46.0. The normalized spacial score (nSPS) is 14.0. The number of carbonyl (C=O) groups excluding carboxylic acids is 2. The van der Waals surface area contributed by atoms with Crippen molar-refractivity contribution in [2.75, 3.05) is 40.9 Å². The number of nitrogens with one attached hydrogen (secondary N) is 1. The van der Waals surface area contributed by atoms with Crippen molar-refractivity contribution < 1.29 is 37.3 Å². The lowest BCUT2D eigenvalue weighted by atomic mass is 10.0. The van der Waals surface area contributed by atoms with Crippen LogP contribution < -0.4 is 10.2 Å². The first kappa shape index (κ1) is 65.5. The minimum Gasteiger partial charge on any atom is -0.756 e. The Labute approximate surface area is 415 Å². The van der Waals surface area contributed by atoms with Crippen LogP contribution in [-0.2, 0) is 27.9 Å². The van der Waals surface area contributed by atoms with Crippen molar-refractivity contribution in [1.82, 2.24) is 5.32 Å². The van der Waals surface area contributed by atoms with Gasteiger partial charge in [0.15, 0.2) is 0 Å². The number of carbonyl (C=O) groups is 2. The fourth-order valence-electron chi connectivity index (χ4n) is 8.40. The van der Waals surface area contributed by atoms with Crippen molar-refractivity contribution in [3.05, 3.63) is 24.3 Å². The molecule has 0 saturated carbocycles. The second-order valence-corrected chi connectivity index (χ2v) is 22.2. The van der Waals surface area contributed by atoms with Crippen molar-refractivity contribution in [3.8, 4) is 0 Å². The maximum Gasteiger partial charge on any atom is 0.306 e. The number of allylic oxidation sites excluding steroid dienone is 3. The molecule has 1 amide bonds. The Morgan fingerprint density at radius 3 is 1.27 bits per heavy atom. The summed E-state index contributed by atoms with van der Waals surface area (Å²) in [5.74, 6) is -0.536. The van der Waals surface area contributed by atoms with Crippen LogP contribution in [0.4, 0.5) is 0 Å². The van der Waals surface area contributed by atoms with Gasteiger partial charge in [0.2, 0.25) is 5.91 Å². The number of likely N-dealkylation sites (N-methyl/N-ethyl adjacent to an activating group) is 1. The fourth-order valence-corrected chi connectivity index (χ4v) is 9.12. The monoisotopic (exact) mass is 967 g/mol. The molecule has 10 heteroatoms. The van der Waals surface area contributed by atoms with E-state index in [4.69, 9.17) is 13.8 Å². The lowest BCUT2D eigenvalue weighted by molar-refractivity contribution is -0.870. The Bertz CT molecular complexity index is 1210. The highest BCUT2D eigenvalue weighted by molar-refractivity contribution is 7.45. The molecule has 0 aliphatic rings. The largest absolute Gasteiger partial charge is 0.756 e. The molecule has 0 aromatic rings. The molecule has 9 nitrogen and oxygen atoms in total. The molecule has 0 heterocycles. The average Bonchev–Trinajstić information content (AvgIpc) is 3.28. The van der Waals surface area contributed by atoms with E-state index >= 15 is 0 Å². The maximum absolute atomic E-state index is 13.5. The summed E-state index contributed by atoms with van der Waals surface area (Å²) in [4.78, 5) is 39.8. The lowest BCUT2D eigenvalue weighted by Crippen LogP contribution is -2.47. The van der Waals surface area contributed by atoms with Crippen molar-refractivity contribution in [2.24, 2.45) is 0 Å². The van der Waals surface area contributed by atoms with Gasteiger partial charge < -0.3 is 28.5 Å². The van der Waals surface area contributed by atoms with E-state index in [1.807, 2.05) is 33.3 Å². The van der Waals surface area contributed by atoms with Crippen molar-refractivity contribution in [1.29, 1.82) is 0 Å². The predicted molar refractivity (Wildman–Crippen MR) is 284 cm³/mol. The van der Waals surface area contributed by atoms with Gasteiger partial charge in [-0.05, 0) is 57.4 Å².